The van der Waals surface area contributed by atoms with E-state index >= 15 is 0 Å². The molecule has 3 aromatic carbocycles. The molecule has 3 aromatic rings. The zero-order valence-corrected chi connectivity index (χ0v) is 18.9. The Morgan fingerprint density at radius 1 is 0.968 bits per heavy atom. The molecule has 0 unspecified atom stereocenters. The molecule has 31 heavy (non-hydrogen) atoms. The van der Waals surface area contributed by atoms with E-state index in [9.17, 15) is 10.1 Å². The summed E-state index contributed by atoms with van der Waals surface area (Å²) >= 11 is 24.5. The molecule has 0 saturated heterocycles. The van der Waals surface area contributed by atoms with E-state index in [1.54, 1.807) is 18.2 Å². The standard InChI is InChI=1S/C23H14Cl4N2O2/c24-17-6-7-19(26)21(11-17)29-23(30)16(12-28)8-15-9-18(25)10-20(27)22(15)31-13-14-4-2-1-3-5-14/h1-11H,13H2,(H,29,30)/b16-8+. The molecule has 1 amide bonds. The topological polar surface area (TPSA) is 62.1 Å². The van der Waals surface area contributed by atoms with Crippen LogP contribution in [0.5, 0.6) is 5.75 Å². The van der Waals surface area contributed by atoms with Crippen molar-refractivity contribution in [1.29, 1.82) is 5.26 Å². The lowest BCUT2D eigenvalue weighted by atomic mass is 10.1. The number of hydrogen-bond acceptors (Lipinski definition) is 3. The summed E-state index contributed by atoms with van der Waals surface area (Å²) in [6.07, 6.45) is 1.35. The van der Waals surface area contributed by atoms with Crippen molar-refractivity contribution < 1.29 is 9.53 Å². The number of carbonyl (C=O) groups is 1. The molecule has 4 nitrogen and oxygen atoms in total. The summed E-state index contributed by atoms with van der Waals surface area (Å²) in [7, 11) is 0. The second-order valence-electron chi connectivity index (χ2n) is 6.33. The fourth-order valence-corrected chi connectivity index (χ4v) is 3.56. The molecule has 0 spiro atoms. The molecule has 0 bridgehead atoms. The van der Waals surface area contributed by atoms with E-state index in [0.717, 1.165) is 5.56 Å². The predicted octanol–water partition coefficient (Wildman–Crippen LogP) is 7.42. The molecule has 0 radical (unpaired) electrons. The summed E-state index contributed by atoms with van der Waals surface area (Å²) in [6.45, 7) is 0.245. The second kappa shape index (κ2) is 10.6. The van der Waals surface area contributed by atoms with Gasteiger partial charge >= 0.3 is 0 Å². The van der Waals surface area contributed by atoms with Crippen LogP contribution in [0.25, 0.3) is 6.08 Å². The fourth-order valence-electron chi connectivity index (χ4n) is 2.66. The van der Waals surface area contributed by atoms with Gasteiger partial charge < -0.3 is 10.1 Å². The van der Waals surface area contributed by atoms with Crippen LogP contribution in [0.1, 0.15) is 11.1 Å². The van der Waals surface area contributed by atoms with Crippen LogP contribution in [-0.4, -0.2) is 5.91 Å². The third-order valence-corrected chi connectivity index (χ3v) is 5.17. The molecule has 8 heteroatoms. The molecule has 0 aliphatic rings. The number of carbonyl (C=O) groups excluding carboxylic acids is 1. The van der Waals surface area contributed by atoms with Gasteiger partial charge in [-0.1, -0.05) is 76.7 Å². The van der Waals surface area contributed by atoms with Gasteiger partial charge in [-0.15, -0.1) is 0 Å². The van der Waals surface area contributed by atoms with Crippen LogP contribution in [0, 0.1) is 11.3 Å². The summed E-state index contributed by atoms with van der Waals surface area (Å²) in [5, 5.41) is 13.4. The minimum Gasteiger partial charge on any atom is -0.487 e. The normalized spacial score (nSPS) is 11.0. The molecule has 0 atom stereocenters. The fraction of sp³-hybridized carbons (Fsp3) is 0.0435. The highest BCUT2D eigenvalue weighted by Gasteiger charge is 2.16. The Morgan fingerprint density at radius 3 is 2.42 bits per heavy atom. The van der Waals surface area contributed by atoms with E-state index in [1.165, 1.54) is 18.2 Å². The Labute approximate surface area is 199 Å². The lowest BCUT2D eigenvalue weighted by Crippen LogP contribution is -2.14. The number of amides is 1. The van der Waals surface area contributed by atoms with Gasteiger partial charge in [0.25, 0.3) is 5.91 Å². The molecule has 0 fully saturated rings. The number of benzene rings is 3. The van der Waals surface area contributed by atoms with E-state index in [0.29, 0.717) is 21.4 Å². The third kappa shape index (κ3) is 6.16. The number of halogens is 4. The maximum atomic E-state index is 12.7. The van der Waals surface area contributed by atoms with Gasteiger partial charge in [0.2, 0.25) is 0 Å². The Balaban J connectivity index is 1.91. The van der Waals surface area contributed by atoms with E-state index in [1.807, 2.05) is 36.4 Å². The van der Waals surface area contributed by atoms with Crippen molar-refractivity contribution in [3.63, 3.8) is 0 Å². The summed E-state index contributed by atoms with van der Waals surface area (Å²) in [5.74, 6) is -0.368. The van der Waals surface area contributed by atoms with Crippen molar-refractivity contribution >= 4 is 64.1 Å². The molecule has 0 aliphatic heterocycles. The van der Waals surface area contributed by atoms with Crippen molar-refractivity contribution in [3.8, 4) is 11.8 Å². The van der Waals surface area contributed by atoms with Crippen molar-refractivity contribution in [2.75, 3.05) is 5.32 Å². The summed E-state index contributed by atoms with van der Waals surface area (Å²) in [5.41, 5.74) is 1.40. The molecule has 3 rings (SSSR count). The number of anilines is 1. The Morgan fingerprint density at radius 2 is 1.71 bits per heavy atom. The first-order chi connectivity index (χ1) is 14.9. The number of nitrogens with zero attached hydrogens (tertiary/aromatic N) is 1. The van der Waals surface area contributed by atoms with Crippen LogP contribution < -0.4 is 10.1 Å². The highest BCUT2D eigenvalue weighted by molar-refractivity contribution is 6.36. The van der Waals surface area contributed by atoms with Crippen molar-refractivity contribution in [3.05, 3.63) is 97.5 Å². The van der Waals surface area contributed by atoms with Crippen LogP contribution in [0.3, 0.4) is 0 Å². The van der Waals surface area contributed by atoms with E-state index in [2.05, 4.69) is 5.32 Å². The predicted molar refractivity (Wildman–Crippen MR) is 126 cm³/mol. The van der Waals surface area contributed by atoms with Crippen LogP contribution in [0.4, 0.5) is 5.69 Å². The lowest BCUT2D eigenvalue weighted by molar-refractivity contribution is -0.112. The third-order valence-electron chi connectivity index (χ3n) is 4.10. The molecular formula is C23H14Cl4N2O2. The zero-order chi connectivity index (χ0) is 22.4. The molecule has 0 heterocycles. The largest absolute Gasteiger partial charge is 0.487 e. The van der Waals surface area contributed by atoms with Gasteiger partial charge in [0.05, 0.1) is 15.7 Å². The molecule has 0 aromatic heterocycles. The van der Waals surface area contributed by atoms with Gasteiger partial charge in [0.1, 0.15) is 24.0 Å². The number of ether oxygens (including phenoxy) is 1. The SMILES string of the molecule is N#C/C(=C\c1cc(Cl)cc(Cl)c1OCc1ccccc1)C(=O)Nc1cc(Cl)ccc1Cl. The first-order valence-electron chi connectivity index (χ1n) is 8.91. The summed E-state index contributed by atoms with van der Waals surface area (Å²) < 4.78 is 5.87. The minimum absolute atomic E-state index is 0.195. The number of nitriles is 1. The van der Waals surface area contributed by atoms with Gasteiger partial charge in [-0.05, 0) is 42.0 Å². The van der Waals surface area contributed by atoms with Crippen LogP contribution in [0.15, 0.2) is 66.2 Å². The maximum Gasteiger partial charge on any atom is 0.266 e. The average molecular weight is 492 g/mol. The summed E-state index contributed by atoms with van der Waals surface area (Å²) in [4.78, 5) is 12.7. The van der Waals surface area contributed by atoms with Crippen LogP contribution >= 0.6 is 46.4 Å². The second-order valence-corrected chi connectivity index (χ2v) is 8.02. The maximum absolute atomic E-state index is 12.7. The van der Waals surface area contributed by atoms with Gasteiger partial charge in [0, 0.05) is 15.6 Å². The van der Waals surface area contributed by atoms with E-state index in [-0.39, 0.29) is 27.9 Å². The van der Waals surface area contributed by atoms with Crippen molar-refractivity contribution in [1.82, 2.24) is 0 Å². The van der Waals surface area contributed by atoms with E-state index in [4.69, 9.17) is 51.1 Å². The Kier molecular flexibility index (Phi) is 7.84. The quantitative estimate of drug-likeness (QED) is 0.288. The smallest absolute Gasteiger partial charge is 0.266 e. The lowest BCUT2D eigenvalue weighted by Gasteiger charge is -2.13. The summed E-state index contributed by atoms with van der Waals surface area (Å²) in [6, 6.07) is 19.1. The van der Waals surface area contributed by atoms with Gasteiger partial charge in [-0.3, -0.25) is 4.79 Å². The molecule has 0 aliphatic carbocycles. The Hall–Kier alpha value is -2.68. The minimum atomic E-state index is -0.670. The molecule has 156 valence electrons. The van der Waals surface area contributed by atoms with Gasteiger partial charge in [-0.25, -0.2) is 0 Å². The van der Waals surface area contributed by atoms with E-state index < -0.39 is 5.91 Å². The number of hydrogen-bond donors (Lipinski definition) is 1. The van der Waals surface area contributed by atoms with Gasteiger partial charge in [0.15, 0.2) is 0 Å². The first kappa shape index (κ1) is 23.0. The highest BCUT2D eigenvalue weighted by atomic mass is 35.5. The highest BCUT2D eigenvalue weighted by Crippen LogP contribution is 2.35. The van der Waals surface area contributed by atoms with Crippen molar-refractivity contribution in [2.45, 2.75) is 6.61 Å². The van der Waals surface area contributed by atoms with Crippen molar-refractivity contribution in [2.24, 2.45) is 0 Å². The monoisotopic (exact) mass is 490 g/mol. The molecule has 1 N–H and O–H groups in total. The van der Waals surface area contributed by atoms with Gasteiger partial charge in [-0.2, -0.15) is 5.26 Å². The first-order valence-corrected chi connectivity index (χ1v) is 10.4. The average Bonchev–Trinajstić information content (AvgIpc) is 2.74. The Bertz CT molecular complexity index is 1190. The number of rotatable bonds is 6. The molecular weight excluding hydrogens is 478 g/mol. The number of nitrogens with one attached hydrogen (secondary N) is 1. The molecule has 0 saturated carbocycles. The van der Waals surface area contributed by atoms with Crippen LogP contribution in [-0.2, 0) is 11.4 Å². The van der Waals surface area contributed by atoms with Crippen LogP contribution in [0.2, 0.25) is 20.1 Å². The zero-order valence-electron chi connectivity index (χ0n) is 15.8.